The van der Waals surface area contributed by atoms with Crippen LogP contribution in [-0.2, 0) is 24.2 Å². The lowest BCUT2D eigenvalue weighted by Gasteiger charge is -2.12. The fourth-order valence-corrected chi connectivity index (χ4v) is 6.34. The van der Waals surface area contributed by atoms with Gasteiger partial charge in [0.25, 0.3) is 5.91 Å². The fourth-order valence-electron chi connectivity index (χ4n) is 4.84. The number of aromatic carboxylic acids is 1. The molecule has 0 bridgehead atoms. The van der Waals surface area contributed by atoms with Crippen molar-refractivity contribution in [2.24, 2.45) is 0 Å². The van der Waals surface area contributed by atoms with E-state index in [1.807, 2.05) is 24.5 Å². The first-order chi connectivity index (χ1) is 16.8. The molecule has 1 fully saturated rings. The minimum absolute atomic E-state index is 0.0931. The van der Waals surface area contributed by atoms with E-state index in [1.54, 1.807) is 18.2 Å². The summed E-state index contributed by atoms with van der Waals surface area (Å²) in [5.74, 6) is -1.96. The van der Waals surface area contributed by atoms with Crippen LogP contribution in [0.1, 0.15) is 56.2 Å². The van der Waals surface area contributed by atoms with Gasteiger partial charge in [0, 0.05) is 21.8 Å². The molecule has 1 aromatic carbocycles. The van der Waals surface area contributed by atoms with Crippen molar-refractivity contribution in [1.29, 1.82) is 0 Å². The highest BCUT2D eigenvalue weighted by molar-refractivity contribution is 7.15. The number of amides is 3. The van der Waals surface area contributed by atoms with Gasteiger partial charge in [0.2, 0.25) is 0 Å². The maximum Gasteiger partial charge on any atom is 0.339 e. The summed E-state index contributed by atoms with van der Waals surface area (Å²) >= 11 is 1.51. The van der Waals surface area contributed by atoms with Crippen molar-refractivity contribution in [2.45, 2.75) is 46.1 Å². The van der Waals surface area contributed by atoms with Gasteiger partial charge >= 0.3 is 12.0 Å². The number of carboxylic acid groups (broad SMARTS) is 1. The van der Waals surface area contributed by atoms with Gasteiger partial charge in [-0.3, -0.25) is 9.69 Å². The number of fused-ring (bicyclic) bond motifs is 1. The first-order valence-electron chi connectivity index (χ1n) is 11.4. The summed E-state index contributed by atoms with van der Waals surface area (Å²) in [7, 11) is 0. The molecule has 3 heterocycles. The number of urea groups is 1. The Morgan fingerprint density at radius 3 is 2.69 bits per heavy atom. The molecule has 2 aliphatic rings. The van der Waals surface area contributed by atoms with Gasteiger partial charge in [-0.2, -0.15) is 0 Å². The molecule has 9 heteroatoms. The van der Waals surface area contributed by atoms with E-state index in [0.717, 1.165) is 52.4 Å². The number of imide groups is 1. The maximum atomic E-state index is 14.0. The predicted molar refractivity (Wildman–Crippen MR) is 130 cm³/mol. The third-order valence-electron chi connectivity index (χ3n) is 6.59. The van der Waals surface area contributed by atoms with Crippen LogP contribution in [0.2, 0.25) is 0 Å². The lowest BCUT2D eigenvalue weighted by atomic mass is 9.95. The molecule has 1 aliphatic heterocycles. The van der Waals surface area contributed by atoms with E-state index in [4.69, 9.17) is 0 Å². The normalized spacial score (nSPS) is 16.7. The topological polar surface area (TPSA) is 91.6 Å². The number of nitrogens with one attached hydrogen (secondary N) is 1. The molecule has 2 N–H and O–H groups in total. The van der Waals surface area contributed by atoms with Crippen molar-refractivity contribution in [1.82, 2.24) is 14.8 Å². The monoisotopic (exact) mass is 493 g/mol. The van der Waals surface area contributed by atoms with Crippen LogP contribution in [0.15, 0.2) is 36.0 Å². The van der Waals surface area contributed by atoms with Crippen molar-refractivity contribution < 1.29 is 23.9 Å². The molecule has 0 spiro atoms. The molecule has 0 radical (unpaired) electrons. The number of thiophene rings is 1. The van der Waals surface area contributed by atoms with Crippen molar-refractivity contribution >= 4 is 35.3 Å². The van der Waals surface area contributed by atoms with E-state index in [2.05, 4.69) is 5.32 Å². The van der Waals surface area contributed by atoms with Gasteiger partial charge in [-0.1, -0.05) is 18.2 Å². The van der Waals surface area contributed by atoms with E-state index in [1.165, 1.54) is 23.5 Å². The summed E-state index contributed by atoms with van der Waals surface area (Å²) in [4.78, 5) is 39.7. The number of carbonyl (C=O) groups excluding carboxylic acids is 2. The molecule has 35 heavy (non-hydrogen) atoms. The molecular formula is C26H24FN3O4S. The van der Waals surface area contributed by atoms with Crippen LogP contribution in [0.3, 0.4) is 0 Å². The zero-order valence-corrected chi connectivity index (χ0v) is 20.2. The van der Waals surface area contributed by atoms with Gasteiger partial charge in [0.1, 0.15) is 16.5 Å². The second kappa shape index (κ2) is 8.81. The third-order valence-corrected chi connectivity index (χ3v) is 7.87. The second-order valence-electron chi connectivity index (χ2n) is 8.83. The summed E-state index contributed by atoms with van der Waals surface area (Å²) < 4.78 is 16.0. The van der Waals surface area contributed by atoms with Crippen molar-refractivity contribution in [3.8, 4) is 5.00 Å². The van der Waals surface area contributed by atoms with E-state index in [0.29, 0.717) is 16.1 Å². The Bertz CT molecular complexity index is 1420. The number of hydrogen-bond donors (Lipinski definition) is 2. The van der Waals surface area contributed by atoms with Crippen LogP contribution in [0, 0.1) is 19.7 Å². The summed E-state index contributed by atoms with van der Waals surface area (Å²) in [5.41, 5.74) is 3.92. The number of hydrogen-bond acceptors (Lipinski definition) is 4. The molecular weight excluding hydrogens is 469 g/mol. The number of rotatable bonds is 5. The van der Waals surface area contributed by atoms with Gasteiger partial charge in [-0.05, 0) is 68.9 Å². The van der Waals surface area contributed by atoms with Crippen LogP contribution < -0.4 is 5.32 Å². The van der Waals surface area contributed by atoms with E-state index in [9.17, 15) is 23.9 Å². The number of aryl methyl sites for hydroxylation is 2. The summed E-state index contributed by atoms with van der Waals surface area (Å²) in [5, 5.41) is 13.2. The zero-order valence-electron chi connectivity index (χ0n) is 19.4. The van der Waals surface area contributed by atoms with Crippen LogP contribution in [0.25, 0.3) is 11.1 Å². The fraction of sp³-hybridized carbons (Fsp3) is 0.269. The number of benzene rings is 1. The number of carbonyl (C=O) groups is 3. The zero-order chi connectivity index (χ0) is 24.9. The van der Waals surface area contributed by atoms with Gasteiger partial charge in [0.15, 0.2) is 0 Å². The molecule has 7 nitrogen and oxygen atoms in total. The summed E-state index contributed by atoms with van der Waals surface area (Å²) in [6.45, 7) is 3.58. The molecule has 0 atom stereocenters. The Hall–Kier alpha value is -3.72. The number of carboxylic acids is 1. The molecule has 3 aromatic rings. The first kappa shape index (κ1) is 23.0. The predicted octanol–water partition coefficient (Wildman–Crippen LogP) is 4.96. The van der Waals surface area contributed by atoms with Gasteiger partial charge in [-0.15, -0.1) is 11.3 Å². The highest BCUT2D eigenvalue weighted by Crippen LogP contribution is 2.39. The van der Waals surface area contributed by atoms with Crippen molar-refractivity contribution in [2.75, 3.05) is 0 Å². The Labute approximate surface area is 205 Å². The molecule has 0 unspecified atom stereocenters. The lowest BCUT2D eigenvalue weighted by Crippen LogP contribution is -2.30. The summed E-state index contributed by atoms with van der Waals surface area (Å²) in [6, 6.07) is 7.27. The minimum Gasteiger partial charge on any atom is -0.478 e. The molecule has 5 rings (SSSR count). The molecule has 1 aliphatic carbocycles. The number of aromatic nitrogens is 1. The first-order valence-corrected chi connectivity index (χ1v) is 12.2. The smallest absolute Gasteiger partial charge is 0.339 e. The lowest BCUT2D eigenvalue weighted by molar-refractivity contribution is -0.123. The average Bonchev–Trinajstić information content (AvgIpc) is 3.42. The molecule has 3 amide bonds. The van der Waals surface area contributed by atoms with Gasteiger partial charge < -0.3 is 15.0 Å². The summed E-state index contributed by atoms with van der Waals surface area (Å²) in [6.07, 6.45) is 5.28. The quantitative estimate of drug-likeness (QED) is 0.388. The minimum atomic E-state index is -0.936. The van der Waals surface area contributed by atoms with Crippen LogP contribution in [-0.4, -0.2) is 32.5 Å². The van der Waals surface area contributed by atoms with Crippen molar-refractivity contribution in [3.05, 3.63) is 80.4 Å². The van der Waals surface area contributed by atoms with Crippen LogP contribution >= 0.6 is 11.3 Å². The highest BCUT2D eigenvalue weighted by Gasteiger charge is 2.34. The van der Waals surface area contributed by atoms with Gasteiger partial charge in [0.05, 0.1) is 12.1 Å². The van der Waals surface area contributed by atoms with Crippen molar-refractivity contribution in [3.63, 3.8) is 0 Å². The Morgan fingerprint density at radius 2 is 1.94 bits per heavy atom. The molecule has 180 valence electrons. The molecule has 2 aromatic heterocycles. The SMILES string of the molecule is Cc1cc(/C=C2\NC(=O)N(Cc3ccccc3F)C2=O)c(C)n1-c1sc2c(c1C(=O)O)CCCC2. The number of halogens is 1. The highest BCUT2D eigenvalue weighted by atomic mass is 32.1. The molecule has 1 saturated heterocycles. The van der Waals surface area contributed by atoms with Gasteiger partial charge in [-0.25, -0.2) is 14.0 Å². The van der Waals surface area contributed by atoms with E-state index < -0.39 is 23.7 Å². The largest absolute Gasteiger partial charge is 0.478 e. The maximum absolute atomic E-state index is 14.0. The van der Waals surface area contributed by atoms with E-state index >= 15 is 0 Å². The van der Waals surface area contributed by atoms with E-state index in [-0.39, 0.29) is 17.8 Å². The molecule has 0 saturated carbocycles. The Kier molecular flexibility index (Phi) is 5.80. The van der Waals surface area contributed by atoms with Crippen LogP contribution in [0.5, 0.6) is 0 Å². The standard InChI is InChI=1S/C26H24FN3O4S/c1-14-11-17(12-20-23(31)29(26(34)28-20)13-16-7-3-5-9-19(16)27)15(2)30(14)24-22(25(32)33)18-8-4-6-10-21(18)35-24/h3,5,7,9,11-12H,4,6,8,10,13H2,1-2H3,(H,28,34)(H,32,33)/b20-12-. The Balaban J connectivity index is 1.50. The number of nitrogens with zero attached hydrogens (tertiary/aromatic N) is 2. The third kappa shape index (κ3) is 3.95. The Morgan fingerprint density at radius 1 is 1.20 bits per heavy atom. The second-order valence-corrected chi connectivity index (χ2v) is 9.91. The van der Waals surface area contributed by atoms with Crippen LogP contribution in [0.4, 0.5) is 9.18 Å². The average molecular weight is 494 g/mol.